The standard InChI is InChI=1S/C11H19N3S/c1-8(2)10-11(15-14-13-10)9-6-4-3-5-7-12-9/h8-9,12H,3-7H2,1-2H3. The smallest absolute Gasteiger partial charge is 0.0829 e. The van der Waals surface area contributed by atoms with Gasteiger partial charge >= 0.3 is 0 Å². The Hall–Kier alpha value is -0.480. The molecule has 0 spiro atoms. The zero-order chi connectivity index (χ0) is 10.7. The van der Waals surface area contributed by atoms with Crippen LogP contribution in [0.1, 0.15) is 62.1 Å². The molecular formula is C11H19N3S. The summed E-state index contributed by atoms with van der Waals surface area (Å²) in [5.41, 5.74) is 1.19. The van der Waals surface area contributed by atoms with Crippen molar-refractivity contribution in [3.05, 3.63) is 10.6 Å². The van der Waals surface area contributed by atoms with E-state index in [1.165, 1.54) is 36.3 Å². The molecule has 1 unspecified atom stereocenters. The number of hydrogen-bond acceptors (Lipinski definition) is 4. The predicted molar refractivity (Wildman–Crippen MR) is 63.2 cm³/mol. The minimum Gasteiger partial charge on any atom is -0.309 e. The normalized spacial score (nSPS) is 23.0. The van der Waals surface area contributed by atoms with E-state index in [1.807, 2.05) is 0 Å². The van der Waals surface area contributed by atoms with E-state index in [9.17, 15) is 0 Å². The Labute approximate surface area is 95.4 Å². The van der Waals surface area contributed by atoms with Crippen molar-refractivity contribution in [3.8, 4) is 0 Å². The Morgan fingerprint density at radius 1 is 1.33 bits per heavy atom. The first-order valence-corrected chi connectivity index (χ1v) is 6.62. The largest absolute Gasteiger partial charge is 0.309 e. The summed E-state index contributed by atoms with van der Waals surface area (Å²) in [4.78, 5) is 1.37. The Bertz CT molecular complexity index is 301. The first-order valence-electron chi connectivity index (χ1n) is 5.84. The predicted octanol–water partition coefficient (Wildman–Crippen LogP) is 2.87. The van der Waals surface area contributed by atoms with Crippen molar-refractivity contribution < 1.29 is 0 Å². The molecule has 4 heteroatoms. The van der Waals surface area contributed by atoms with Crippen LogP contribution in [-0.2, 0) is 0 Å². The van der Waals surface area contributed by atoms with Crippen LogP contribution in [0, 0.1) is 0 Å². The van der Waals surface area contributed by atoms with E-state index >= 15 is 0 Å². The SMILES string of the molecule is CC(C)c1nnsc1C1CCCCCN1. The Kier molecular flexibility index (Phi) is 3.70. The summed E-state index contributed by atoms with van der Waals surface area (Å²) in [7, 11) is 0. The molecule has 1 fully saturated rings. The lowest BCUT2D eigenvalue weighted by Crippen LogP contribution is -2.20. The number of aromatic nitrogens is 2. The lowest BCUT2D eigenvalue weighted by Gasteiger charge is -2.15. The number of nitrogens with one attached hydrogen (secondary N) is 1. The summed E-state index contributed by atoms with van der Waals surface area (Å²) in [6.07, 6.45) is 5.23. The van der Waals surface area contributed by atoms with Crippen molar-refractivity contribution in [3.63, 3.8) is 0 Å². The summed E-state index contributed by atoms with van der Waals surface area (Å²) in [6, 6.07) is 0.505. The molecule has 1 aromatic heterocycles. The Morgan fingerprint density at radius 2 is 2.20 bits per heavy atom. The molecule has 1 N–H and O–H groups in total. The molecule has 2 heterocycles. The minimum absolute atomic E-state index is 0.490. The molecule has 1 aromatic rings. The van der Waals surface area contributed by atoms with Gasteiger partial charge in [0.25, 0.3) is 0 Å². The molecule has 0 aliphatic carbocycles. The van der Waals surface area contributed by atoms with E-state index in [0.29, 0.717) is 12.0 Å². The summed E-state index contributed by atoms with van der Waals surface area (Å²) in [5, 5.41) is 7.86. The first-order chi connectivity index (χ1) is 7.29. The van der Waals surface area contributed by atoms with Crippen LogP contribution in [0.25, 0.3) is 0 Å². The van der Waals surface area contributed by atoms with Crippen molar-refractivity contribution in [1.29, 1.82) is 0 Å². The van der Waals surface area contributed by atoms with Crippen LogP contribution in [0.5, 0.6) is 0 Å². The van der Waals surface area contributed by atoms with Gasteiger partial charge < -0.3 is 5.32 Å². The summed E-state index contributed by atoms with van der Waals surface area (Å²) in [6.45, 7) is 5.52. The maximum atomic E-state index is 4.25. The van der Waals surface area contributed by atoms with E-state index in [4.69, 9.17) is 0 Å². The fourth-order valence-electron chi connectivity index (χ4n) is 2.10. The van der Waals surface area contributed by atoms with Crippen molar-refractivity contribution in [2.45, 2.75) is 51.5 Å². The molecular weight excluding hydrogens is 206 g/mol. The van der Waals surface area contributed by atoms with Gasteiger partial charge in [-0.05, 0) is 36.8 Å². The van der Waals surface area contributed by atoms with Crippen LogP contribution in [0.3, 0.4) is 0 Å². The van der Waals surface area contributed by atoms with Crippen LogP contribution in [0.2, 0.25) is 0 Å². The highest BCUT2D eigenvalue weighted by atomic mass is 32.1. The molecule has 0 radical (unpaired) electrons. The molecule has 0 aromatic carbocycles. The molecule has 84 valence electrons. The highest BCUT2D eigenvalue weighted by Gasteiger charge is 2.21. The second kappa shape index (κ2) is 5.03. The molecule has 3 nitrogen and oxygen atoms in total. The fourth-order valence-corrected chi connectivity index (χ4v) is 3.01. The van der Waals surface area contributed by atoms with Gasteiger partial charge in [0.05, 0.1) is 10.6 Å². The van der Waals surface area contributed by atoms with Gasteiger partial charge in [0.2, 0.25) is 0 Å². The zero-order valence-corrected chi connectivity index (χ0v) is 10.3. The molecule has 1 aliphatic heterocycles. The van der Waals surface area contributed by atoms with E-state index < -0.39 is 0 Å². The monoisotopic (exact) mass is 225 g/mol. The average molecular weight is 225 g/mol. The maximum absolute atomic E-state index is 4.25. The quantitative estimate of drug-likeness (QED) is 0.841. The van der Waals surface area contributed by atoms with Crippen molar-refractivity contribution in [1.82, 2.24) is 14.9 Å². The summed E-state index contributed by atoms with van der Waals surface area (Å²) >= 11 is 1.57. The molecule has 0 bridgehead atoms. The van der Waals surface area contributed by atoms with E-state index in [-0.39, 0.29) is 0 Å². The van der Waals surface area contributed by atoms with Gasteiger partial charge in [-0.3, -0.25) is 0 Å². The molecule has 1 saturated heterocycles. The molecule has 15 heavy (non-hydrogen) atoms. The van der Waals surface area contributed by atoms with Gasteiger partial charge in [0.15, 0.2) is 0 Å². The summed E-state index contributed by atoms with van der Waals surface area (Å²) in [5.74, 6) is 0.490. The van der Waals surface area contributed by atoms with E-state index in [1.54, 1.807) is 11.5 Å². The molecule has 1 aliphatic rings. The van der Waals surface area contributed by atoms with Crippen molar-refractivity contribution >= 4 is 11.5 Å². The minimum atomic E-state index is 0.490. The van der Waals surface area contributed by atoms with Crippen LogP contribution < -0.4 is 5.32 Å². The number of rotatable bonds is 2. The molecule has 0 saturated carbocycles. The zero-order valence-electron chi connectivity index (χ0n) is 9.49. The van der Waals surface area contributed by atoms with Gasteiger partial charge in [-0.25, -0.2) is 0 Å². The topological polar surface area (TPSA) is 37.8 Å². The highest BCUT2D eigenvalue weighted by molar-refractivity contribution is 7.05. The molecule has 2 rings (SSSR count). The summed E-state index contributed by atoms with van der Waals surface area (Å²) < 4.78 is 4.10. The van der Waals surface area contributed by atoms with Crippen LogP contribution in [0.4, 0.5) is 0 Å². The molecule has 0 amide bonds. The van der Waals surface area contributed by atoms with Crippen molar-refractivity contribution in [2.24, 2.45) is 0 Å². The third-order valence-electron chi connectivity index (χ3n) is 2.96. The van der Waals surface area contributed by atoms with Gasteiger partial charge in [0, 0.05) is 6.04 Å². The second-order valence-electron chi connectivity index (χ2n) is 4.53. The van der Waals surface area contributed by atoms with Crippen LogP contribution >= 0.6 is 11.5 Å². The second-order valence-corrected chi connectivity index (χ2v) is 5.32. The third-order valence-corrected chi connectivity index (χ3v) is 3.82. The first kappa shape index (κ1) is 11.0. The lowest BCUT2D eigenvalue weighted by molar-refractivity contribution is 0.534. The number of hydrogen-bond donors (Lipinski definition) is 1. The van der Waals surface area contributed by atoms with Gasteiger partial charge in [-0.15, -0.1) is 5.10 Å². The van der Waals surface area contributed by atoms with Crippen LogP contribution in [0.15, 0.2) is 0 Å². The Balaban J connectivity index is 2.15. The molecule has 1 atom stereocenters. The third kappa shape index (κ3) is 2.55. The lowest BCUT2D eigenvalue weighted by atomic mass is 10.0. The van der Waals surface area contributed by atoms with Crippen molar-refractivity contribution in [2.75, 3.05) is 6.54 Å². The van der Waals surface area contributed by atoms with E-state index in [0.717, 1.165) is 6.54 Å². The Morgan fingerprint density at radius 3 is 3.00 bits per heavy atom. The fraction of sp³-hybridized carbons (Fsp3) is 0.818. The van der Waals surface area contributed by atoms with Crippen LogP contribution in [-0.4, -0.2) is 16.1 Å². The van der Waals surface area contributed by atoms with Gasteiger partial charge in [-0.2, -0.15) is 0 Å². The van der Waals surface area contributed by atoms with Gasteiger partial charge in [-0.1, -0.05) is 31.2 Å². The van der Waals surface area contributed by atoms with Gasteiger partial charge in [0.1, 0.15) is 0 Å². The van der Waals surface area contributed by atoms with E-state index in [2.05, 4.69) is 28.8 Å². The maximum Gasteiger partial charge on any atom is 0.0829 e. The average Bonchev–Trinajstić information content (AvgIpc) is 2.55. The highest BCUT2D eigenvalue weighted by Crippen LogP contribution is 2.30. The number of nitrogens with zero attached hydrogens (tertiary/aromatic N) is 2.